The Morgan fingerprint density at radius 1 is 1.04 bits per heavy atom. The zero-order valence-electron chi connectivity index (χ0n) is 15.0. The van der Waals surface area contributed by atoms with Gasteiger partial charge in [0.15, 0.2) is 0 Å². The van der Waals surface area contributed by atoms with Crippen LogP contribution in [-0.4, -0.2) is 35.8 Å². The van der Waals surface area contributed by atoms with Gasteiger partial charge in [0.1, 0.15) is 6.61 Å². The van der Waals surface area contributed by atoms with Crippen LogP contribution in [-0.2, 0) is 27.4 Å². The van der Waals surface area contributed by atoms with Crippen LogP contribution in [0, 0.1) is 5.92 Å². The molecule has 0 radical (unpaired) electrons. The van der Waals surface area contributed by atoms with Crippen molar-refractivity contribution in [2.45, 2.75) is 19.4 Å². The van der Waals surface area contributed by atoms with Crippen LogP contribution in [0.5, 0.6) is 0 Å². The molecule has 1 unspecified atom stereocenters. The molecule has 6 heteroatoms. The van der Waals surface area contributed by atoms with Crippen LogP contribution in [0.1, 0.15) is 27.9 Å². The van der Waals surface area contributed by atoms with E-state index in [4.69, 9.17) is 10.5 Å². The summed E-state index contributed by atoms with van der Waals surface area (Å²) in [5.74, 6) is -1.32. The molecule has 0 aliphatic carbocycles. The molecule has 1 fully saturated rings. The number of likely N-dealkylation sites (tertiary alicyclic amines) is 1. The monoisotopic (exact) mass is 366 g/mol. The third-order valence-corrected chi connectivity index (χ3v) is 4.68. The molecule has 2 amide bonds. The number of esters is 1. The van der Waals surface area contributed by atoms with E-state index < -0.39 is 11.8 Å². The minimum Gasteiger partial charge on any atom is -0.461 e. The highest BCUT2D eigenvalue weighted by Gasteiger charge is 2.35. The van der Waals surface area contributed by atoms with Crippen molar-refractivity contribution in [3.8, 4) is 0 Å². The lowest BCUT2D eigenvalue weighted by Gasteiger charge is -2.16. The zero-order valence-corrected chi connectivity index (χ0v) is 15.0. The molecular weight excluding hydrogens is 344 g/mol. The van der Waals surface area contributed by atoms with Gasteiger partial charge in [-0.3, -0.25) is 14.4 Å². The summed E-state index contributed by atoms with van der Waals surface area (Å²) in [5.41, 5.74) is 7.52. The first-order valence-corrected chi connectivity index (χ1v) is 8.90. The van der Waals surface area contributed by atoms with Crippen molar-refractivity contribution in [1.29, 1.82) is 0 Å². The number of nitrogens with two attached hydrogens (primary N) is 1. The van der Waals surface area contributed by atoms with Crippen LogP contribution >= 0.6 is 0 Å². The minimum absolute atomic E-state index is 0.0151. The molecule has 0 saturated carbocycles. The van der Waals surface area contributed by atoms with Gasteiger partial charge in [-0.25, -0.2) is 0 Å². The highest BCUT2D eigenvalue weighted by Crippen LogP contribution is 2.20. The topological polar surface area (TPSA) is 89.7 Å². The van der Waals surface area contributed by atoms with Gasteiger partial charge in [0.25, 0.3) is 0 Å². The van der Waals surface area contributed by atoms with Crippen LogP contribution < -0.4 is 5.73 Å². The minimum atomic E-state index is -0.501. The third kappa shape index (κ3) is 4.94. The molecule has 140 valence electrons. The Morgan fingerprint density at radius 3 is 2.41 bits per heavy atom. The van der Waals surface area contributed by atoms with Crippen molar-refractivity contribution >= 4 is 17.8 Å². The van der Waals surface area contributed by atoms with E-state index in [9.17, 15) is 14.4 Å². The van der Waals surface area contributed by atoms with Crippen molar-refractivity contribution in [2.24, 2.45) is 11.7 Å². The number of carbonyl (C=O) groups excluding carboxylic acids is 3. The number of ether oxygens (including phenoxy) is 1. The second-order valence-electron chi connectivity index (χ2n) is 6.65. The average molecular weight is 366 g/mol. The van der Waals surface area contributed by atoms with E-state index in [0.29, 0.717) is 18.7 Å². The van der Waals surface area contributed by atoms with E-state index in [0.717, 1.165) is 17.5 Å². The molecule has 2 aromatic rings. The molecule has 1 heterocycles. The summed E-state index contributed by atoms with van der Waals surface area (Å²) in [6.45, 7) is 1.10. The van der Waals surface area contributed by atoms with Crippen molar-refractivity contribution < 1.29 is 19.1 Å². The number of nitrogens with zero attached hydrogens (tertiary/aromatic N) is 1. The summed E-state index contributed by atoms with van der Waals surface area (Å²) in [4.78, 5) is 37.2. The van der Waals surface area contributed by atoms with Gasteiger partial charge in [-0.15, -0.1) is 0 Å². The molecule has 2 aromatic carbocycles. The van der Waals surface area contributed by atoms with Crippen LogP contribution in [0.25, 0.3) is 0 Å². The average Bonchev–Trinajstić information content (AvgIpc) is 3.06. The van der Waals surface area contributed by atoms with Gasteiger partial charge < -0.3 is 15.4 Å². The summed E-state index contributed by atoms with van der Waals surface area (Å²) in [5, 5.41) is 0. The quantitative estimate of drug-likeness (QED) is 0.758. The van der Waals surface area contributed by atoms with E-state index in [1.54, 1.807) is 29.2 Å². The number of carbonyl (C=O) groups is 3. The van der Waals surface area contributed by atoms with Crippen LogP contribution in [0.15, 0.2) is 54.6 Å². The Bertz CT molecular complexity index is 818. The molecule has 6 nitrogen and oxygen atoms in total. The molecule has 27 heavy (non-hydrogen) atoms. The standard InChI is InChI=1S/C21H22N2O4/c22-20(25)17-8-6-16(7-9-17)14-27-21(26)18-12-19(24)23(13-18)11-10-15-4-2-1-3-5-15/h1-9,18H,10-14H2,(H2,22,25). The second-order valence-corrected chi connectivity index (χ2v) is 6.65. The maximum atomic E-state index is 12.3. The van der Waals surface area contributed by atoms with E-state index in [-0.39, 0.29) is 24.9 Å². The first kappa shape index (κ1) is 18.6. The first-order chi connectivity index (χ1) is 13.0. The Balaban J connectivity index is 1.47. The lowest BCUT2D eigenvalue weighted by atomic mass is 10.1. The van der Waals surface area contributed by atoms with Crippen LogP contribution in [0.3, 0.4) is 0 Å². The molecule has 0 bridgehead atoms. The van der Waals surface area contributed by atoms with Gasteiger partial charge in [-0.2, -0.15) is 0 Å². The first-order valence-electron chi connectivity index (χ1n) is 8.90. The second kappa shape index (κ2) is 8.49. The molecule has 1 saturated heterocycles. The molecular formula is C21H22N2O4. The molecule has 0 spiro atoms. The van der Waals surface area contributed by atoms with E-state index in [1.165, 1.54) is 0 Å². The SMILES string of the molecule is NC(=O)c1ccc(COC(=O)C2CC(=O)N(CCc3ccccc3)C2)cc1. The smallest absolute Gasteiger partial charge is 0.311 e. The number of benzene rings is 2. The van der Waals surface area contributed by atoms with Crippen molar-refractivity contribution in [2.75, 3.05) is 13.1 Å². The molecule has 1 atom stereocenters. The summed E-state index contributed by atoms with van der Waals surface area (Å²) < 4.78 is 5.34. The Hall–Kier alpha value is -3.15. The molecule has 1 aliphatic rings. The summed E-state index contributed by atoms with van der Waals surface area (Å²) in [6, 6.07) is 16.5. The van der Waals surface area contributed by atoms with Gasteiger partial charge in [-0.05, 0) is 29.7 Å². The largest absolute Gasteiger partial charge is 0.461 e. The van der Waals surface area contributed by atoms with Gasteiger partial charge >= 0.3 is 5.97 Å². The summed E-state index contributed by atoms with van der Waals surface area (Å²) >= 11 is 0. The summed E-state index contributed by atoms with van der Waals surface area (Å²) in [7, 11) is 0. The Kier molecular flexibility index (Phi) is 5.86. The number of amides is 2. The van der Waals surface area contributed by atoms with Gasteiger partial charge in [0.2, 0.25) is 11.8 Å². The van der Waals surface area contributed by atoms with E-state index in [2.05, 4.69) is 0 Å². The fourth-order valence-corrected chi connectivity index (χ4v) is 3.09. The van der Waals surface area contributed by atoms with Gasteiger partial charge in [-0.1, -0.05) is 42.5 Å². The van der Waals surface area contributed by atoms with E-state index in [1.807, 2.05) is 30.3 Å². The van der Waals surface area contributed by atoms with Crippen LogP contribution in [0.2, 0.25) is 0 Å². The number of rotatable bonds is 7. The Labute approximate surface area is 157 Å². The number of primary amides is 1. The lowest BCUT2D eigenvalue weighted by Crippen LogP contribution is -2.28. The van der Waals surface area contributed by atoms with E-state index >= 15 is 0 Å². The van der Waals surface area contributed by atoms with Gasteiger partial charge in [0.05, 0.1) is 5.92 Å². The highest BCUT2D eigenvalue weighted by molar-refractivity contribution is 5.92. The number of hydrogen-bond acceptors (Lipinski definition) is 4. The van der Waals surface area contributed by atoms with Crippen LogP contribution in [0.4, 0.5) is 0 Å². The van der Waals surface area contributed by atoms with Crippen molar-refractivity contribution in [3.05, 3.63) is 71.3 Å². The molecule has 2 N–H and O–H groups in total. The lowest BCUT2D eigenvalue weighted by molar-refractivity contribution is -0.149. The van der Waals surface area contributed by atoms with Crippen molar-refractivity contribution in [3.63, 3.8) is 0 Å². The Morgan fingerprint density at radius 2 is 1.74 bits per heavy atom. The maximum Gasteiger partial charge on any atom is 0.311 e. The van der Waals surface area contributed by atoms with Crippen molar-refractivity contribution in [1.82, 2.24) is 4.90 Å². The van der Waals surface area contributed by atoms with Gasteiger partial charge in [0, 0.05) is 25.1 Å². The number of hydrogen-bond donors (Lipinski definition) is 1. The maximum absolute atomic E-state index is 12.3. The molecule has 0 aromatic heterocycles. The normalized spacial score (nSPS) is 16.4. The fourth-order valence-electron chi connectivity index (χ4n) is 3.09. The highest BCUT2D eigenvalue weighted by atomic mass is 16.5. The predicted octanol–water partition coefficient (Wildman–Crippen LogP) is 1.92. The predicted molar refractivity (Wildman–Crippen MR) is 99.6 cm³/mol. The third-order valence-electron chi connectivity index (χ3n) is 4.68. The molecule has 1 aliphatic heterocycles. The zero-order chi connectivity index (χ0) is 19.2. The summed E-state index contributed by atoms with van der Waals surface area (Å²) in [6.07, 6.45) is 0.953. The molecule has 3 rings (SSSR count). The fraction of sp³-hybridized carbons (Fsp3) is 0.286.